The Morgan fingerprint density at radius 1 is 1.12 bits per heavy atom. The molecule has 0 fully saturated rings. The van der Waals surface area contributed by atoms with Crippen LogP contribution in [0.1, 0.15) is 0 Å². The maximum Gasteiger partial charge on any atom is 0.246 e. The van der Waals surface area contributed by atoms with Crippen LogP contribution in [0.15, 0.2) is 30.5 Å². The van der Waals surface area contributed by atoms with Crippen LogP contribution in [0.25, 0.3) is 25.8 Å². The third-order valence-electron chi connectivity index (χ3n) is 2.74. The largest absolute Gasteiger partial charge is 0.246 e. The second-order valence-corrected chi connectivity index (χ2v) is 5.11. The third-order valence-corrected chi connectivity index (χ3v) is 4.08. The summed E-state index contributed by atoms with van der Waals surface area (Å²) in [5.74, 6) is 0. The predicted molar refractivity (Wildman–Crippen MR) is 68.7 cm³/mol. The average Bonchev–Trinajstić information content (AvgIpc) is 2.90. The third kappa shape index (κ3) is 1.15. The molecule has 0 aliphatic carbocycles. The number of hydrogen-bond acceptors (Lipinski definition) is 4. The lowest BCUT2D eigenvalue weighted by atomic mass is 10.2. The van der Waals surface area contributed by atoms with E-state index in [0.29, 0.717) is 5.65 Å². The molecule has 3 heterocycles. The fourth-order valence-electron chi connectivity index (χ4n) is 2.02. The number of hydrogen-bond donors (Lipinski definition) is 0. The Labute approximate surface area is 104 Å². The Hall–Kier alpha value is -1.72. The molecule has 0 aliphatic rings. The zero-order valence-corrected chi connectivity index (χ0v) is 10.0. The van der Waals surface area contributed by atoms with Crippen molar-refractivity contribution in [3.63, 3.8) is 0 Å². The van der Waals surface area contributed by atoms with Gasteiger partial charge in [-0.1, -0.05) is 18.2 Å². The molecule has 4 nitrogen and oxygen atoms in total. The van der Waals surface area contributed by atoms with Gasteiger partial charge in [0.2, 0.25) is 5.28 Å². The highest BCUT2D eigenvalue weighted by Crippen LogP contribution is 2.35. The van der Waals surface area contributed by atoms with Gasteiger partial charge < -0.3 is 0 Å². The molecule has 0 aliphatic heterocycles. The smallest absolute Gasteiger partial charge is 0.182 e. The van der Waals surface area contributed by atoms with Crippen LogP contribution < -0.4 is 0 Å². The van der Waals surface area contributed by atoms with E-state index in [-0.39, 0.29) is 5.28 Å². The van der Waals surface area contributed by atoms with E-state index in [0.717, 1.165) is 10.1 Å². The highest BCUT2D eigenvalue weighted by atomic mass is 35.5. The van der Waals surface area contributed by atoms with E-state index < -0.39 is 0 Å². The van der Waals surface area contributed by atoms with Crippen molar-refractivity contribution in [2.75, 3.05) is 0 Å². The number of halogens is 1. The number of rotatable bonds is 0. The Kier molecular flexibility index (Phi) is 1.73. The van der Waals surface area contributed by atoms with E-state index in [1.807, 2.05) is 18.3 Å². The first-order chi connectivity index (χ1) is 8.34. The van der Waals surface area contributed by atoms with Crippen molar-refractivity contribution in [1.29, 1.82) is 0 Å². The lowest BCUT2D eigenvalue weighted by molar-refractivity contribution is 0.938. The fourth-order valence-corrected chi connectivity index (χ4v) is 3.24. The second kappa shape index (κ2) is 3.15. The van der Waals surface area contributed by atoms with Crippen LogP contribution in [0.4, 0.5) is 0 Å². The van der Waals surface area contributed by atoms with Gasteiger partial charge in [-0.2, -0.15) is 9.61 Å². The van der Waals surface area contributed by atoms with Crippen LogP contribution >= 0.6 is 22.9 Å². The van der Waals surface area contributed by atoms with E-state index in [1.54, 1.807) is 15.9 Å². The first-order valence-corrected chi connectivity index (χ1v) is 6.21. The monoisotopic (exact) mass is 260 g/mol. The molecule has 0 amide bonds. The summed E-state index contributed by atoms with van der Waals surface area (Å²) in [5, 5.41) is 14.7. The van der Waals surface area contributed by atoms with Gasteiger partial charge in [-0.05, 0) is 17.7 Å². The average molecular weight is 261 g/mol. The number of benzene rings is 1. The first-order valence-electron chi connectivity index (χ1n) is 5.02. The molecule has 0 spiro atoms. The molecule has 0 bridgehead atoms. The highest BCUT2D eigenvalue weighted by molar-refractivity contribution is 7.25. The van der Waals surface area contributed by atoms with Crippen LogP contribution in [0.3, 0.4) is 0 Å². The number of fused-ring (bicyclic) bond motifs is 5. The Morgan fingerprint density at radius 3 is 2.94 bits per heavy atom. The second-order valence-electron chi connectivity index (χ2n) is 3.69. The molecule has 1 aromatic carbocycles. The summed E-state index contributed by atoms with van der Waals surface area (Å²) in [6.45, 7) is 0. The van der Waals surface area contributed by atoms with Gasteiger partial charge in [0.1, 0.15) is 0 Å². The van der Waals surface area contributed by atoms with Crippen molar-refractivity contribution in [3.8, 4) is 0 Å². The Bertz CT molecular complexity index is 864. The van der Waals surface area contributed by atoms with E-state index in [2.05, 4.69) is 27.4 Å². The lowest BCUT2D eigenvalue weighted by Crippen LogP contribution is -1.90. The zero-order chi connectivity index (χ0) is 11.4. The van der Waals surface area contributed by atoms with Gasteiger partial charge in [0, 0.05) is 15.5 Å². The summed E-state index contributed by atoms with van der Waals surface area (Å²) >= 11 is 7.62. The van der Waals surface area contributed by atoms with Crippen molar-refractivity contribution in [2.45, 2.75) is 0 Å². The number of thiophene rings is 1. The normalized spacial score (nSPS) is 11.8. The summed E-state index contributed by atoms with van der Waals surface area (Å²) in [4.78, 5) is 0. The first kappa shape index (κ1) is 9.32. The van der Waals surface area contributed by atoms with Gasteiger partial charge >= 0.3 is 0 Å². The molecular formula is C11H5ClN4S. The van der Waals surface area contributed by atoms with Crippen LogP contribution in [0.5, 0.6) is 0 Å². The van der Waals surface area contributed by atoms with E-state index in [1.165, 1.54) is 10.1 Å². The van der Waals surface area contributed by atoms with Gasteiger partial charge in [-0.3, -0.25) is 0 Å². The van der Waals surface area contributed by atoms with E-state index in [9.17, 15) is 0 Å². The van der Waals surface area contributed by atoms with Crippen molar-refractivity contribution < 1.29 is 0 Å². The summed E-state index contributed by atoms with van der Waals surface area (Å²) in [7, 11) is 0. The lowest BCUT2D eigenvalue weighted by Gasteiger charge is -1.94. The van der Waals surface area contributed by atoms with Crippen LogP contribution in [0.2, 0.25) is 5.28 Å². The summed E-state index contributed by atoms with van der Waals surface area (Å²) in [6.07, 6.45) is 1.81. The topological polar surface area (TPSA) is 43.1 Å². The Balaban J connectivity index is 2.38. The predicted octanol–water partition coefficient (Wildman–Crippen LogP) is 3.15. The maximum absolute atomic E-state index is 5.92. The zero-order valence-electron chi connectivity index (χ0n) is 8.46. The minimum Gasteiger partial charge on any atom is -0.182 e. The molecule has 6 heteroatoms. The van der Waals surface area contributed by atoms with Crippen molar-refractivity contribution in [2.24, 2.45) is 0 Å². The van der Waals surface area contributed by atoms with Crippen LogP contribution in [-0.2, 0) is 0 Å². The minimum atomic E-state index is 0.289. The molecule has 82 valence electrons. The SMILES string of the molecule is Clc1nnc2c3c(cnn12)sc1ccccc13. The molecule has 4 aromatic rings. The quantitative estimate of drug-likeness (QED) is 0.488. The molecule has 17 heavy (non-hydrogen) atoms. The maximum atomic E-state index is 5.92. The molecule has 0 atom stereocenters. The summed E-state index contributed by atoms with van der Waals surface area (Å²) in [6, 6.07) is 8.22. The molecule has 0 saturated carbocycles. The molecule has 3 aromatic heterocycles. The number of aromatic nitrogens is 4. The van der Waals surface area contributed by atoms with Gasteiger partial charge in [0.15, 0.2) is 5.65 Å². The molecule has 4 rings (SSSR count). The highest BCUT2D eigenvalue weighted by Gasteiger charge is 2.12. The van der Waals surface area contributed by atoms with Crippen molar-refractivity contribution >= 4 is 48.8 Å². The van der Waals surface area contributed by atoms with E-state index >= 15 is 0 Å². The molecule has 0 unspecified atom stereocenters. The summed E-state index contributed by atoms with van der Waals surface area (Å²) < 4.78 is 3.88. The Morgan fingerprint density at radius 2 is 2.00 bits per heavy atom. The summed E-state index contributed by atoms with van der Waals surface area (Å²) in [5.41, 5.74) is 0.713. The minimum absolute atomic E-state index is 0.289. The van der Waals surface area contributed by atoms with Crippen molar-refractivity contribution in [3.05, 3.63) is 35.7 Å². The van der Waals surface area contributed by atoms with Crippen LogP contribution in [-0.4, -0.2) is 19.8 Å². The molecular weight excluding hydrogens is 256 g/mol. The van der Waals surface area contributed by atoms with Gasteiger partial charge in [-0.15, -0.1) is 21.5 Å². The van der Waals surface area contributed by atoms with E-state index in [4.69, 9.17) is 11.6 Å². The standard InChI is InChI=1S/C11H5ClN4S/c12-11-15-14-10-9-6-3-1-2-4-7(6)17-8(9)5-13-16(10)11/h1-5H. The molecule has 0 saturated heterocycles. The van der Waals surface area contributed by atoms with Crippen LogP contribution in [0, 0.1) is 0 Å². The van der Waals surface area contributed by atoms with Gasteiger partial charge in [0.05, 0.1) is 10.9 Å². The fraction of sp³-hybridized carbons (Fsp3) is 0. The number of nitrogens with zero attached hydrogens (tertiary/aromatic N) is 4. The van der Waals surface area contributed by atoms with Gasteiger partial charge in [-0.25, -0.2) is 0 Å². The molecule has 0 N–H and O–H groups in total. The van der Waals surface area contributed by atoms with Crippen molar-refractivity contribution in [1.82, 2.24) is 19.8 Å². The molecule has 0 radical (unpaired) electrons. The van der Waals surface area contributed by atoms with Gasteiger partial charge in [0.25, 0.3) is 0 Å².